The van der Waals surface area contributed by atoms with Gasteiger partial charge in [-0.15, -0.1) is 0 Å². The minimum Gasteiger partial charge on any atom is -0.480 e. The topological polar surface area (TPSA) is 75.6 Å². The van der Waals surface area contributed by atoms with E-state index in [1.807, 2.05) is 6.92 Å². The molecule has 20 heavy (non-hydrogen) atoms. The molecule has 0 aliphatic heterocycles. The highest BCUT2D eigenvalue weighted by Crippen LogP contribution is 2.51. The third-order valence-electron chi connectivity index (χ3n) is 5.37. The first-order chi connectivity index (χ1) is 9.46. The molecule has 2 aliphatic rings. The molecule has 0 bridgehead atoms. The predicted molar refractivity (Wildman–Crippen MR) is 74.3 cm³/mol. The van der Waals surface area contributed by atoms with Crippen LogP contribution in [0.3, 0.4) is 0 Å². The van der Waals surface area contributed by atoms with Crippen molar-refractivity contribution in [1.82, 2.24) is 5.32 Å². The van der Waals surface area contributed by atoms with Crippen molar-refractivity contribution in [1.29, 1.82) is 0 Å². The highest BCUT2D eigenvalue weighted by molar-refractivity contribution is 6.05. The maximum absolute atomic E-state index is 12.2. The molecular weight excluding hydrogens is 258 g/mol. The fourth-order valence-corrected chi connectivity index (χ4v) is 3.54. The molecular formula is C15H25NO4. The van der Waals surface area contributed by atoms with Crippen molar-refractivity contribution in [3.8, 4) is 0 Å². The third kappa shape index (κ3) is 2.12. The molecule has 114 valence electrons. The normalized spacial score (nSPS) is 29.4. The van der Waals surface area contributed by atoms with E-state index in [1.54, 1.807) is 0 Å². The Bertz CT molecular complexity index is 399. The lowest BCUT2D eigenvalue weighted by atomic mass is 9.58. The van der Waals surface area contributed by atoms with E-state index in [2.05, 4.69) is 19.2 Å². The van der Waals surface area contributed by atoms with Crippen LogP contribution in [0, 0.1) is 10.8 Å². The van der Waals surface area contributed by atoms with Gasteiger partial charge in [0, 0.05) is 18.1 Å². The van der Waals surface area contributed by atoms with Gasteiger partial charge < -0.3 is 15.2 Å². The van der Waals surface area contributed by atoms with Crippen LogP contribution in [-0.2, 0) is 14.3 Å². The number of carboxylic acids is 1. The van der Waals surface area contributed by atoms with Crippen molar-refractivity contribution in [2.45, 2.75) is 65.0 Å². The van der Waals surface area contributed by atoms with Gasteiger partial charge >= 0.3 is 5.97 Å². The summed E-state index contributed by atoms with van der Waals surface area (Å²) in [4.78, 5) is 23.4. The fraction of sp³-hybridized carbons (Fsp3) is 0.867. The molecule has 5 heteroatoms. The number of aliphatic carboxylic acids is 1. The lowest BCUT2D eigenvalue weighted by Gasteiger charge is -2.55. The Balaban J connectivity index is 2.03. The Morgan fingerprint density at radius 3 is 2.25 bits per heavy atom. The molecule has 2 atom stereocenters. The Hall–Kier alpha value is -1.10. The van der Waals surface area contributed by atoms with Crippen molar-refractivity contribution in [2.75, 3.05) is 6.61 Å². The van der Waals surface area contributed by atoms with Crippen molar-refractivity contribution < 1.29 is 19.4 Å². The minimum atomic E-state index is -1.15. The van der Waals surface area contributed by atoms with Gasteiger partial charge in [0.2, 0.25) is 5.91 Å². The monoisotopic (exact) mass is 283 g/mol. The quantitative estimate of drug-likeness (QED) is 0.700. The number of hydrogen-bond acceptors (Lipinski definition) is 3. The Morgan fingerprint density at radius 2 is 1.85 bits per heavy atom. The summed E-state index contributed by atoms with van der Waals surface area (Å²) in [7, 11) is 0. The van der Waals surface area contributed by atoms with E-state index in [0.29, 0.717) is 19.4 Å². The lowest BCUT2D eigenvalue weighted by molar-refractivity contribution is -0.157. The first-order valence-electron chi connectivity index (χ1n) is 7.62. The SMILES string of the molecule is CCOC1CC(NC(=O)C2(C(=O)O)CC2)C1(CC)CC. The van der Waals surface area contributed by atoms with Gasteiger partial charge in [-0.25, -0.2) is 0 Å². The largest absolute Gasteiger partial charge is 0.480 e. The van der Waals surface area contributed by atoms with E-state index < -0.39 is 11.4 Å². The summed E-state index contributed by atoms with van der Waals surface area (Å²) >= 11 is 0. The molecule has 5 nitrogen and oxygen atoms in total. The molecule has 2 unspecified atom stereocenters. The fourth-order valence-electron chi connectivity index (χ4n) is 3.54. The van der Waals surface area contributed by atoms with Crippen LogP contribution in [0.1, 0.15) is 52.9 Å². The molecule has 0 radical (unpaired) electrons. The molecule has 2 N–H and O–H groups in total. The van der Waals surface area contributed by atoms with Gasteiger partial charge in [-0.05, 0) is 39.0 Å². The van der Waals surface area contributed by atoms with Crippen molar-refractivity contribution in [3.63, 3.8) is 0 Å². The summed E-state index contributed by atoms with van der Waals surface area (Å²) in [6, 6.07) is 0.0402. The number of hydrogen-bond donors (Lipinski definition) is 2. The number of carbonyl (C=O) groups excluding carboxylic acids is 1. The molecule has 0 heterocycles. The van der Waals surface area contributed by atoms with Crippen LogP contribution < -0.4 is 5.32 Å². The van der Waals surface area contributed by atoms with Gasteiger partial charge in [-0.1, -0.05) is 13.8 Å². The molecule has 2 rings (SSSR count). The molecule has 2 saturated carbocycles. The van der Waals surface area contributed by atoms with Crippen LogP contribution in [0.2, 0.25) is 0 Å². The third-order valence-corrected chi connectivity index (χ3v) is 5.37. The van der Waals surface area contributed by atoms with Gasteiger partial charge in [0.25, 0.3) is 0 Å². The molecule has 0 aromatic carbocycles. The molecule has 2 aliphatic carbocycles. The van der Waals surface area contributed by atoms with Gasteiger partial charge in [0.05, 0.1) is 6.10 Å². The second-order valence-corrected chi connectivity index (χ2v) is 6.03. The summed E-state index contributed by atoms with van der Waals surface area (Å²) in [6.07, 6.45) is 3.74. The zero-order valence-corrected chi connectivity index (χ0v) is 12.6. The van der Waals surface area contributed by atoms with Gasteiger partial charge in [0.1, 0.15) is 5.41 Å². The van der Waals surface area contributed by atoms with Gasteiger partial charge in [-0.2, -0.15) is 0 Å². The second kappa shape index (κ2) is 5.35. The number of amides is 1. The first kappa shape index (κ1) is 15.3. The smallest absolute Gasteiger partial charge is 0.319 e. The molecule has 1 amide bonds. The van der Waals surface area contributed by atoms with E-state index in [0.717, 1.165) is 19.3 Å². The Morgan fingerprint density at radius 1 is 1.25 bits per heavy atom. The number of ether oxygens (including phenoxy) is 1. The van der Waals surface area contributed by atoms with Crippen LogP contribution in [-0.4, -0.2) is 35.7 Å². The number of nitrogens with one attached hydrogen (secondary N) is 1. The number of carbonyl (C=O) groups is 2. The van der Waals surface area contributed by atoms with Crippen LogP contribution in [0.15, 0.2) is 0 Å². The highest BCUT2D eigenvalue weighted by atomic mass is 16.5. The van der Waals surface area contributed by atoms with E-state index in [9.17, 15) is 14.7 Å². The van der Waals surface area contributed by atoms with E-state index in [-0.39, 0.29) is 23.5 Å². The molecule has 0 saturated heterocycles. The standard InChI is InChI=1S/C15H25NO4/c1-4-14(5-2)10(9-11(14)20-6-3)16-12(17)15(7-8-15)13(18)19/h10-11H,4-9H2,1-3H3,(H,16,17)(H,18,19). The Labute approximate surface area is 120 Å². The number of carboxylic acid groups (broad SMARTS) is 1. The van der Waals surface area contributed by atoms with Crippen molar-refractivity contribution >= 4 is 11.9 Å². The van der Waals surface area contributed by atoms with E-state index >= 15 is 0 Å². The maximum atomic E-state index is 12.2. The van der Waals surface area contributed by atoms with Crippen LogP contribution in [0.25, 0.3) is 0 Å². The van der Waals surface area contributed by atoms with Crippen molar-refractivity contribution in [2.24, 2.45) is 10.8 Å². The molecule has 0 aromatic heterocycles. The second-order valence-electron chi connectivity index (χ2n) is 6.03. The summed E-state index contributed by atoms with van der Waals surface area (Å²) in [5.74, 6) is -1.30. The molecule has 2 fully saturated rings. The predicted octanol–water partition coefficient (Wildman–Crippen LogP) is 1.95. The van der Waals surface area contributed by atoms with E-state index in [1.165, 1.54) is 0 Å². The minimum absolute atomic E-state index is 0.0402. The molecule has 0 aromatic rings. The van der Waals surface area contributed by atoms with E-state index in [4.69, 9.17) is 4.74 Å². The summed E-state index contributed by atoms with van der Waals surface area (Å²) in [5, 5.41) is 12.2. The van der Waals surface area contributed by atoms with Crippen LogP contribution >= 0.6 is 0 Å². The highest BCUT2D eigenvalue weighted by Gasteiger charge is 2.60. The summed E-state index contributed by atoms with van der Waals surface area (Å²) in [5.41, 5.74) is -1.19. The summed E-state index contributed by atoms with van der Waals surface area (Å²) in [6.45, 7) is 6.87. The average Bonchev–Trinajstić information content (AvgIpc) is 3.20. The number of rotatable bonds is 7. The van der Waals surface area contributed by atoms with Crippen LogP contribution in [0.5, 0.6) is 0 Å². The summed E-state index contributed by atoms with van der Waals surface area (Å²) < 4.78 is 5.77. The lowest BCUT2D eigenvalue weighted by Crippen LogP contribution is -2.65. The zero-order valence-electron chi connectivity index (χ0n) is 12.6. The maximum Gasteiger partial charge on any atom is 0.319 e. The zero-order chi connectivity index (χ0) is 15.0. The van der Waals surface area contributed by atoms with Crippen LogP contribution in [0.4, 0.5) is 0 Å². The average molecular weight is 283 g/mol. The van der Waals surface area contributed by atoms with Gasteiger partial charge in [-0.3, -0.25) is 9.59 Å². The first-order valence-corrected chi connectivity index (χ1v) is 7.62. The van der Waals surface area contributed by atoms with Gasteiger partial charge in [0.15, 0.2) is 0 Å². The van der Waals surface area contributed by atoms with Crippen molar-refractivity contribution in [3.05, 3.63) is 0 Å². The Kier molecular flexibility index (Phi) is 4.09. The molecule has 0 spiro atoms.